The van der Waals surface area contributed by atoms with Crippen molar-refractivity contribution in [3.63, 3.8) is 0 Å². The van der Waals surface area contributed by atoms with Crippen molar-refractivity contribution in [1.29, 1.82) is 0 Å². The Hall–Kier alpha value is -0.290. The number of hydrogen-bond donors (Lipinski definition) is 2. The summed E-state index contributed by atoms with van der Waals surface area (Å²) in [7, 11) is 0. The van der Waals surface area contributed by atoms with Gasteiger partial charge in [-0.2, -0.15) is 0 Å². The van der Waals surface area contributed by atoms with E-state index in [1.807, 2.05) is 0 Å². The summed E-state index contributed by atoms with van der Waals surface area (Å²) in [5, 5.41) is 0. The molecule has 1 aliphatic rings. The van der Waals surface area contributed by atoms with Crippen LogP contribution < -0.4 is 11.3 Å². The van der Waals surface area contributed by atoms with Gasteiger partial charge in [0.2, 0.25) is 0 Å². The van der Waals surface area contributed by atoms with Crippen LogP contribution in [0.3, 0.4) is 0 Å². The van der Waals surface area contributed by atoms with Crippen LogP contribution in [0.15, 0.2) is 11.1 Å². The molecule has 0 aromatic carbocycles. The predicted molar refractivity (Wildman–Crippen MR) is 61.2 cm³/mol. The highest BCUT2D eigenvalue weighted by atomic mass is 35.5. The van der Waals surface area contributed by atoms with Gasteiger partial charge in [-0.15, -0.1) is 11.3 Å². The number of nitrogens with zero attached hydrogens (tertiary/aromatic N) is 1. The molecule has 1 saturated carbocycles. The van der Waals surface area contributed by atoms with Crippen molar-refractivity contribution in [3.8, 4) is 0 Å². The molecule has 0 atom stereocenters. The van der Waals surface area contributed by atoms with E-state index in [2.05, 4.69) is 10.4 Å². The van der Waals surface area contributed by atoms with Gasteiger partial charge in [0.25, 0.3) is 0 Å². The van der Waals surface area contributed by atoms with E-state index >= 15 is 0 Å². The highest BCUT2D eigenvalue weighted by Gasteiger charge is 2.22. The lowest BCUT2D eigenvalue weighted by atomic mass is 10.3. The van der Waals surface area contributed by atoms with Crippen molar-refractivity contribution in [2.45, 2.75) is 18.9 Å². The minimum atomic E-state index is 0.399. The van der Waals surface area contributed by atoms with Crippen LogP contribution in [0.5, 0.6) is 0 Å². The first-order chi connectivity index (χ1) is 6.70. The van der Waals surface area contributed by atoms with Gasteiger partial charge in [-0.05, 0) is 18.9 Å². The van der Waals surface area contributed by atoms with Crippen molar-refractivity contribution in [1.82, 2.24) is 5.43 Å². The van der Waals surface area contributed by atoms with E-state index in [9.17, 15) is 0 Å². The standard InChI is InChI=1S/C8H9Cl2N3S/c9-6-3-5(7(10)14-6)8(13-11)12-4-1-2-4/h3-4H,1-2,11H2,(H,12,13). The van der Waals surface area contributed by atoms with Crippen LogP contribution in [0.25, 0.3) is 0 Å². The molecule has 1 fully saturated rings. The summed E-state index contributed by atoms with van der Waals surface area (Å²) in [6, 6.07) is 2.17. The van der Waals surface area contributed by atoms with E-state index in [-0.39, 0.29) is 0 Å². The van der Waals surface area contributed by atoms with Crippen LogP contribution in [-0.4, -0.2) is 11.9 Å². The Morgan fingerprint density at radius 2 is 2.29 bits per heavy atom. The van der Waals surface area contributed by atoms with E-state index in [1.54, 1.807) is 6.07 Å². The van der Waals surface area contributed by atoms with Gasteiger partial charge >= 0.3 is 0 Å². The number of hydrogen-bond acceptors (Lipinski definition) is 3. The zero-order valence-corrected chi connectivity index (χ0v) is 9.59. The smallest absolute Gasteiger partial charge is 0.145 e. The molecule has 2 rings (SSSR count). The number of nitrogens with one attached hydrogen (secondary N) is 1. The first kappa shape index (κ1) is 10.2. The van der Waals surface area contributed by atoms with E-state index in [0.717, 1.165) is 18.4 Å². The lowest BCUT2D eigenvalue weighted by molar-refractivity contribution is 0.972. The van der Waals surface area contributed by atoms with Crippen LogP contribution >= 0.6 is 34.5 Å². The summed E-state index contributed by atoms with van der Waals surface area (Å²) < 4.78 is 1.26. The number of halogens is 2. The highest BCUT2D eigenvalue weighted by molar-refractivity contribution is 7.20. The van der Waals surface area contributed by atoms with Gasteiger partial charge in [0.15, 0.2) is 0 Å². The summed E-state index contributed by atoms with van der Waals surface area (Å²) in [6.45, 7) is 0. The van der Waals surface area contributed by atoms with E-state index in [1.165, 1.54) is 11.3 Å². The third-order valence-electron chi connectivity index (χ3n) is 1.91. The molecule has 14 heavy (non-hydrogen) atoms. The third-order valence-corrected chi connectivity index (χ3v) is 3.39. The minimum absolute atomic E-state index is 0.399. The fourth-order valence-electron chi connectivity index (χ4n) is 1.07. The largest absolute Gasteiger partial charge is 0.308 e. The van der Waals surface area contributed by atoms with Crippen LogP contribution in [0, 0.1) is 0 Å². The Balaban J connectivity index is 2.30. The Morgan fingerprint density at radius 1 is 1.57 bits per heavy atom. The Kier molecular flexibility index (Phi) is 2.97. The quantitative estimate of drug-likeness (QED) is 0.366. The lowest BCUT2D eigenvalue weighted by Crippen LogP contribution is -2.31. The summed E-state index contributed by atoms with van der Waals surface area (Å²) in [4.78, 5) is 4.40. The number of aliphatic imine (C=N–C) groups is 1. The maximum absolute atomic E-state index is 5.98. The molecule has 3 nitrogen and oxygen atoms in total. The zero-order valence-electron chi connectivity index (χ0n) is 7.26. The van der Waals surface area contributed by atoms with Crippen molar-refractivity contribution >= 4 is 40.4 Å². The molecular formula is C8H9Cl2N3S. The van der Waals surface area contributed by atoms with Crippen molar-refractivity contribution in [2.75, 3.05) is 0 Å². The molecule has 0 amide bonds. The average molecular weight is 250 g/mol. The van der Waals surface area contributed by atoms with Crippen molar-refractivity contribution in [2.24, 2.45) is 10.8 Å². The lowest BCUT2D eigenvalue weighted by Gasteiger charge is -2.02. The van der Waals surface area contributed by atoms with E-state index < -0.39 is 0 Å². The second-order valence-electron chi connectivity index (χ2n) is 3.09. The van der Waals surface area contributed by atoms with Gasteiger partial charge in [0, 0.05) is 5.56 Å². The minimum Gasteiger partial charge on any atom is -0.308 e. The summed E-state index contributed by atoms with van der Waals surface area (Å²) in [5.41, 5.74) is 3.35. The Morgan fingerprint density at radius 3 is 2.71 bits per heavy atom. The molecule has 0 radical (unpaired) electrons. The molecular weight excluding hydrogens is 241 g/mol. The maximum atomic E-state index is 5.98. The molecule has 0 bridgehead atoms. The second kappa shape index (κ2) is 4.06. The number of thiophene rings is 1. The molecule has 0 aliphatic heterocycles. The highest BCUT2D eigenvalue weighted by Crippen LogP contribution is 2.32. The van der Waals surface area contributed by atoms with Gasteiger partial charge < -0.3 is 5.43 Å². The number of hydrazine groups is 1. The number of amidine groups is 1. The molecule has 1 aromatic heterocycles. The number of nitrogens with two attached hydrogens (primary N) is 1. The van der Waals surface area contributed by atoms with Crippen molar-refractivity contribution < 1.29 is 0 Å². The number of rotatable bonds is 2. The molecule has 0 unspecified atom stereocenters. The van der Waals surface area contributed by atoms with Crippen LogP contribution in [0.1, 0.15) is 18.4 Å². The van der Waals surface area contributed by atoms with Gasteiger partial charge in [-0.25, -0.2) is 5.84 Å². The van der Waals surface area contributed by atoms with Gasteiger partial charge in [0.05, 0.1) is 10.4 Å². The predicted octanol–water partition coefficient (Wildman–Crippen LogP) is 2.43. The third kappa shape index (κ3) is 2.20. The first-order valence-electron chi connectivity index (χ1n) is 4.20. The molecule has 1 aliphatic carbocycles. The molecule has 0 saturated heterocycles. The van der Waals surface area contributed by atoms with Crippen LogP contribution in [0.4, 0.5) is 0 Å². The fraction of sp³-hybridized carbons (Fsp3) is 0.375. The zero-order chi connectivity index (χ0) is 10.1. The summed E-state index contributed by atoms with van der Waals surface area (Å²) in [6.07, 6.45) is 2.25. The van der Waals surface area contributed by atoms with Crippen LogP contribution in [-0.2, 0) is 0 Å². The summed E-state index contributed by atoms with van der Waals surface area (Å²) in [5.74, 6) is 6.01. The molecule has 1 heterocycles. The average Bonchev–Trinajstić information content (AvgIpc) is 2.89. The topological polar surface area (TPSA) is 50.4 Å². The molecule has 76 valence electrons. The van der Waals surface area contributed by atoms with Gasteiger partial charge in [-0.1, -0.05) is 23.2 Å². The SMILES string of the molecule is NNC(=NC1CC1)c1cc(Cl)sc1Cl. The van der Waals surface area contributed by atoms with Gasteiger partial charge in [0.1, 0.15) is 10.2 Å². The van der Waals surface area contributed by atoms with E-state index in [4.69, 9.17) is 29.0 Å². The van der Waals surface area contributed by atoms with E-state index in [0.29, 0.717) is 20.6 Å². The Labute approximate surface area is 95.9 Å². The second-order valence-corrected chi connectivity index (χ2v) is 5.38. The molecule has 6 heteroatoms. The maximum Gasteiger partial charge on any atom is 0.145 e. The normalized spacial score (nSPS) is 17.2. The molecule has 0 spiro atoms. The van der Waals surface area contributed by atoms with Crippen molar-refractivity contribution in [3.05, 3.63) is 20.3 Å². The Bertz CT molecular complexity index is 371. The monoisotopic (exact) mass is 249 g/mol. The molecule has 3 N–H and O–H groups in total. The van der Waals surface area contributed by atoms with Crippen LogP contribution in [0.2, 0.25) is 8.67 Å². The molecule has 1 aromatic rings. The fourth-order valence-corrected chi connectivity index (χ4v) is 2.54. The summed E-state index contributed by atoms with van der Waals surface area (Å²) >= 11 is 13.1. The first-order valence-corrected chi connectivity index (χ1v) is 5.77. The van der Waals surface area contributed by atoms with Gasteiger partial charge in [-0.3, -0.25) is 4.99 Å².